The van der Waals surface area contributed by atoms with E-state index in [1.54, 1.807) is 0 Å². The molecule has 0 spiro atoms. The second kappa shape index (κ2) is 6.48. The molecule has 0 saturated carbocycles. The normalized spacial score (nSPS) is 22.7. The number of fused-ring (bicyclic) bond motifs is 1. The van der Waals surface area contributed by atoms with Crippen molar-refractivity contribution in [3.05, 3.63) is 42.5 Å². The number of benzene rings is 2. The third-order valence-corrected chi connectivity index (χ3v) is 4.83. The van der Waals surface area contributed by atoms with E-state index in [-0.39, 0.29) is 0 Å². The molecule has 2 heteroatoms. The standard InChI is InChI=1S/C19H26N2/c1-2-3-7-16-14-21(13-12-18(16)20)19-11-6-9-15-8-4-5-10-17(15)19/h4-6,8-11,16,18H,2-3,7,12-14,20H2,1H3. The average Bonchev–Trinajstić information content (AvgIpc) is 2.54. The first-order chi connectivity index (χ1) is 10.3. The van der Waals surface area contributed by atoms with Crippen LogP contribution in [0.5, 0.6) is 0 Å². The molecule has 1 heterocycles. The Morgan fingerprint density at radius 3 is 2.81 bits per heavy atom. The largest absolute Gasteiger partial charge is 0.371 e. The van der Waals surface area contributed by atoms with Crippen LogP contribution in [-0.2, 0) is 0 Å². The summed E-state index contributed by atoms with van der Waals surface area (Å²) in [5, 5.41) is 2.69. The van der Waals surface area contributed by atoms with E-state index in [1.165, 1.54) is 35.7 Å². The molecule has 21 heavy (non-hydrogen) atoms. The maximum absolute atomic E-state index is 6.35. The maximum atomic E-state index is 6.35. The van der Waals surface area contributed by atoms with Crippen LogP contribution >= 0.6 is 0 Å². The number of hydrogen-bond donors (Lipinski definition) is 1. The lowest BCUT2D eigenvalue weighted by atomic mass is 9.88. The van der Waals surface area contributed by atoms with Gasteiger partial charge < -0.3 is 10.6 Å². The highest BCUT2D eigenvalue weighted by Gasteiger charge is 2.26. The van der Waals surface area contributed by atoms with Gasteiger partial charge in [0.15, 0.2) is 0 Å². The smallest absolute Gasteiger partial charge is 0.0446 e. The molecule has 3 rings (SSSR count). The van der Waals surface area contributed by atoms with E-state index in [2.05, 4.69) is 54.3 Å². The molecule has 1 saturated heterocycles. The Morgan fingerprint density at radius 2 is 1.95 bits per heavy atom. The first-order valence-corrected chi connectivity index (χ1v) is 8.28. The van der Waals surface area contributed by atoms with Crippen LogP contribution in [0.3, 0.4) is 0 Å². The molecule has 2 atom stereocenters. The Bertz CT molecular complexity index is 588. The molecule has 1 aliphatic rings. The highest BCUT2D eigenvalue weighted by molar-refractivity contribution is 5.94. The van der Waals surface area contributed by atoms with Crippen LogP contribution < -0.4 is 10.6 Å². The molecule has 1 aliphatic heterocycles. The molecule has 112 valence electrons. The lowest BCUT2D eigenvalue weighted by Crippen LogP contribution is -2.47. The molecule has 0 aromatic heterocycles. The fourth-order valence-corrected chi connectivity index (χ4v) is 3.52. The van der Waals surface area contributed by atoms with E-state index in [0.29, 0.717) is 12.0 Å². The van der Waals surface area contributed by atoms with E-state index >= 15 is 0 Å². The monoisotopic (exact) mass is 282 g/mol. The number of nitrogens with two attached hydrogens (primary N) is 1. The van der Waals surface area contributed by atoms with Gasteiger partial charge in [0.25, 0.3) is 0 Å². The third-order valence-electron chi connectivity index (χ3n) is 4.83. The minimum Gasteiger partial charge on any atom is -0.371 e. The summed E-state index contributed by atoms with van der Waals surface area (Å²) in [6.07, 6.45) is 4.93. The van der Waals surface area contributed by atoms with Crippen LogP contribution in [-0.4, -0.2) is 19.1 Å². The van der Waals surface area contributed by atoms with E-state index in [4.69, 9.17) is 5.73 Å². The average molecular weight is 282 g/mol. The molecule has 2 aromatic carbocycles. The second-order valence-corrected chi connectivity index (χ2v) is 6.30. The molecule has 2 nitrogen and oxygen atoms in total. The van der Waals surface area contributed by atoms with E-state index in [1.807, 2.05) is 0 Å². The maximum Gasteiger partial charge on any atom is 0.0446 e. The molecule has 0 radical (unpaired) electrons. The van der Waals surface area contributed by atoms with Crippen LogP contribution in [0.4, 0.5) is 5.69 Å². The summed E-state index contributed by atoms with van der Waals surface area (Å²) in [4.78, 5) is 2.55. The van der Waals surface area contributed by atoms with E-state index < -0.39 is 0 Å². The van der Waals surface area contributed by atoms with Gasteiger partial charge in [-0.3, -0.25) is 0 Å². The molecule has 0 bridgehead atoms. The number of unbranched alkanes of at least 4 members (excludes halogenated alkanes) is 1. The molecule has 0 aliphatic carbocycles. The van der Waals surface area contributed by atoms with Crippen LogP contribution in [0.1, 0.15) is 32.6 Å². The molecule has 2 aromatic rings. The fourth-order valence-electron chi connectivity index (χ4n) is 3.52. The summed E-state index contributed by atoms with van der Waals surface area (Å²) in [5.41, 5.74) is 7.72. The number of rotatable bonds is 4. The Kier molecular flexibility index (Phi) is 4.45. The predicted octanol–water partition coefficient (Wildman–Crippen LogP) is 4.18. The van der Waals surface area contributed by atoms with Crippen LogP contribution in [0.15, 0.2) is 42.5 Å². The fraction of sp³-hybridized carbons (Fsp3) is 0.474. The summed E-state index contributed by atoms with van der Waals surface area (Å²) in [7, 11) is 0. The van der Waals surface area contributed by atoms with Gasteiger partial charge in [-0.05, 0) is 30.2 Å². The zero-order valence-corrected chi connectivity index (χ0v) is 13.0. The topological polar surface area (TPSA) is 29.3 Å². The highest BCUT2D eigenvalue weighted by atomic mass is 15.1. The van der Waals surface area contributed by atoms with Gasteiger partial charge >= 0.3 is 0 Å². The van der Waals surface area contributed by atoms with Crippen LogP contribution in [0, 0.1) is 5.92 Å². The SMILES string of the molecule is CCCCC1CN(c2cccc3ccccc23)CCC1N. The molecule has 2 N–H and O–H groups in total. The van der Waals surface area contributed by atoms with Crippen molar-refractivity contribution in [3.63, 3.8) is 0 Å². The highest BCUT2D eigenvalue weighted by Crippen LogP contribution is 2.31. The van der Waals surface area contributed by atoms with Crippen LogP contribution in [0.2, 0.25) is 0 Å². The number of piperidine rings is 1. The van der Waals surface area contributed by atoms with Gasteiger partial charge in [0.2, 0.25) is 0 Å². The van der Waals surface area contributed by atoms with Gasteiger partial charge in [0.05, 0.1) is 0 Å². The summed E-state index contributed by atoms with van der Waals surface area (Å²) in [5.74, 6) is 0.637. The lowest BCUT2D eigenvalue weighted by molar-refractivity contribution is 0.330. The minimum absolute atomic E-state index is 0.378. The lowest BCUT2D eigenvalue weighted by Gasteiger charge is -2.39. The third kappa shape index (κ3) is 3.06. The van der Waals surface area contributed by atoms with E-state index in [9.17, 15) is 0 Å². The van der Waals surface area contributed by atoms with Crippen molar-refractivity contribution < 1.29 is 0 Å². The molecule has 1 fully saturated rings. The van der Waals surface area contributed by atoms with Crippen molar-refractivity contribution in [3.8, 4) is 0 Å². The van der Waals surface area contributed by atoms with E-state index in [0.717, 1.165) is 19.5 Å². The number of hydrogen-bond acceptors (Lipinski definition) is 2. The molecule has 2 unspecified atom stereocenters. The Balaban J connectivity index is 1.85. The van der Waals surface area contributed by atoms with Crippen molar-refractivity contribution in [2.45, 2.75) is 38.6 Å². The van der Waals surface area contributed by atoms with Crippen molar-refractivity contribution in [2.24, 2.45) is 11.7 Å². The number of anilines is 1. The Morgan fingerprint density at radius 1 is 1.14 bits per heavy atom. The molecular formula is C19H26N2. The Labute approximate surface area is 127 Å². The van der Waals surface area contributed by atoms with Crippen molar-refractivity contribution in [2.75, 3.05) is 18.0 Å². The molecule has 0 amide bonds. The van der Waals surface area contributed by atoms with Gasteiger partial charge in [-0.15, -0.1) is 0 Å². The molecular weight excluding hydrogens is 256 g/mol. The van der Waals surface area contributed by atoms with Gasteiger partial charge in [-0.25, -0.2) is 0 Å². The van der Waals surface area contributed by atoms with Gasteiger partial charge in [0, 0.05) is 30.2 Å². The second-order valence-electron chi connectivity index (χ2n) is 6.30. The summed E-state index contributed by atoms with van der Waals surface area (Å²) in [6, 6.07) is 15.7. The number of nitrogens with zero attached hydrogens (tertiary/aromatic N) is 1. The zero-order valence-electron chi connectivity index (χ0n) is 13.0. The zero-order chi connectivity index (χ0) is 14.7. The predicted molar refractivity (Wildman–Crippen MR) is 91.8 cm³/mol. The van der Waals surface area contributed by atoms with Gasteiger partial charge in [0.1, 0.15) is 0 Å². The Hall–Kier alpha value is -1.54. The van der Waals surface area contributed by atoms with Crippen molar-refractivity contribution in [1.29, 1.82) is 0 Å². The van der Waals surface area contributed by atoms with Crippen molar-refractivity contribution >= 4 is 16.5 Å². The minimum atomic E-state index is 0.378. The first kappa shape index (κ1) is 14.4. The van der Waals surface area contributed by atoms with Gasteiger partial charge in [-0.1, -0.05) is 56.2 Å². The summed E-state index contributed by atoms with van der Waals surface area (Å²) < 4.78 is 0. The van der Waals surface area contributed by atoms with Crippen LogP contribution in [0.25, 0.3) is 10.8 Å². The van der Waals surface area contributed by atoms with Crippen molar-refractivity contribution in [1.82, 2.24) is 0 Å². The summed E-state index contributed by atoms with van der Waals surface area (Å²) >= 11 is 0. The van der Waals surface area contributed by atoms with Gasteiger partial charge in [-0.2, -0.15) is 0 Å². The summed E-state index contributed by atoms with van der Waals surface area (Å²) in [6.45, 7) is 4.45. The first-order valence-electron chi connectivity index (χ1n) is 8.28. The quantitative estimate of drug-likeness (QED) is 0.911.